The van der Waals surface area contributed by atoms with Gasteiger partial charge in [0.1, 0.15) is 0 Å². The molecule has 2 aliphatic rings. The van der Waals surface area contributed by atoms with E-state index in [1.165, 1.54) is 25.0 Å². The Labute approximate surface area is 174 Å². The number of hydrogen-bond donors (Lipinski definition) is 2. The van der Waals surface area contributed by atoms with E-state index < -0.39 is 15.6 Å². The molecule has 2 N–H and O–H groups in total. The molecule has 0 atom stereocenters. The van der Waals surface area contributed by atoms with E-state index in [1.807, 2.05) is 0 Å². The first-order valence-corrected chi connectivity index (χ1v) is 11.9. The summed E-state index contributed by atoms with van der Waals surface area (Å²) in [6, 6.07) is 3.48. The van der Waals surface area contributed by atoms with E-state index >= 15 is 0 Å². The number of carbonyl (C=O) groups is 1. The maximum absolute atomic E-state index is 12.5. The number of hydrogen-bond acceptors (Lipinski definition) is 6. The van der Waals surface area contributed by atoms with Crippen LogP contribution in [0.15, 0.2) is 21.6 Å². The average molecular weight is 427 g/mol. The molecule has 9 heteroatoms. The molecule has 1 amide bonds. The first-order chi connectivity index (χ1) is 13.5. The number of carbonyl (C=O) groups excluding carboxylic acids is 1. The third-order valence-corrected chi connectivity index (χ3v) is 7.21. The molecule has 0 unspecified atom stereocenters. The molecular formula is C20H34N4O4S. The quantitative estimate of drug-likeness (QED) is 0.743. The summed E-state index contributed by atoms with van der Waals surface area (Å²) in [5.41, 5.74) is -0.629. The van der Waals surface area contributed by atoms with Crippen LogP contribution in [0.3, 0.4) is 0 Å². The lowest BCUT2D eigenvalue weighted by Crippen LogP contribution is -2.50. The third kappa shape index (κ3) is 6.04. The molecule has 1 aromatic rings. The summed E-state index contributed by atoms with van der Waals surface area (Å²) in [5.74, 6) is -0.336. The van der Waals surface area contributed by atoms with Gasteiger partial charge in [0.05, 0.1) is 0 Å². The second-order valence-electron chi connectivity index (χ2n) is 9.29. The van der Waals surface area contributed by atoms with Crippen LogP contribution in [0, 0.1) is 0 Å². The molecule has 2 fully saturated rings. The second-order valence-corrected chi connectivity index (χ2v) is 10.9. The van der Waals surface area contributed by atoms with E-state index in [0.29, 0.717) is 6.04 Å². The van der Waals surface area contributed by atoms with Gasteiger partial charge in [0.25, 0.3) is 15.9 Å². The molecule has 8 nitrogen and oxygen atoms in total. The van der Waals surface area contributed by atoms with Crippen LogP contribution in [-0.2, 0) is 10.0 Å². The lowest BCUT2D eigenvalue weighted by molar-refractivity contribution is 0.0786. The summed E-state index contributed by atoms with van der Waals surface area (Å²) in [7, 11) is -1.63. The highest BCUT2D eigenvalue weighted by Crippen LogP contribution is 2.21. The lowest BCUT2D eigenvalue weighted by atomic mass is 9.98. The van der Waals surface area contributed by atoms with E-state index in [9.17, 15) is 13.2 Å². The summed E-state index contributed by atoms with van der Waals surface area (Å²) in [5, 5.41) is 2.75. The normalized spacial score (nSPS) is 21.4. The zero-order valence-electron chi connectivity index (χ0n) is 17.9. The highest BCUT2D eigenvalue weighted by Gasteiger charge is 2.29. The number of rotatable bonds is 5. The van der Waals surface area contributed by atoms with Crippen molar-refractivity contribution in [3.05, 3.63) is 17.9 Å². The minimum atomic E-state index is -3.79. The SMILES string of the molecule is CN1CCC(N2CCC(NC(=O)c3ccc(S(=O)(=O)NC(C)(C)C)o3)CC2)CC1. The molecule has 29 heavy (non-hydrogen) atoms. The minimum Gasteiger partial charge on any atom is -0.438 e. The number of sulfonamides is 1. The Morgan fingerprint density at radius 3 is 2.28 bits per heavy atom. The van der Waals surface area contributed by atoms with E-state index in [1.54, 1.807) is 20.8 Å². The summed E-state index contributed by atoms with van der Waals surface area (Å²) < 4.78 is 32.5. The van der Waals surface area contributed by atoms with Gasteiger partial charge in [-0.15, -0.1) is 0 Å². The maximum Gasteiger partial charge on any atom is 0.287 e. The summed E-state index contributed by atoms with van der Waals surface area (Å²) in [6.07, 6.45) is 4.21. The van der Waals surface area contributed by atoms with E-state index in [0.717, 1.165) is 39.0 Å². The van der Waals surface area contributed by atoms with Gasteiger partial charge in [-0.2, -0.15) is 0 Å². The van der Waals surface area contributed by atoms with E-state index in [4.69, 9.17) is 4.42 Å². The van der Waals surface area contributed by atoms with Crippen molar-refractivity contribution in [3.8, 4) is 0 Å². The highest BCUT2D eigenvalue weighted by molar-refractivity contribution is 7.89. The monoisotopic (exact) mass is 426 g/mol. The zero-order valence-corrected chi connectivity index (χ0v) is 18.7. The van der Waals surface area contributed by atoms with Gasteiger partial charge in [-0.25, -0.2) is 13.1 Å². The molecule has 2 aliphatic heterocycles. The molecule has 0 aliphatic carbocycles. The molecule has 1 aromatic heterocycles. The number of nitrogens with zero attached hydrogens (tertiary/aromatic N) is 2. The third-order valence-electron chi connectivity index (χ3n) is 5.58. The fourth-order valence-corrected chi connectivity index (χ4v) is 5.42. The van der Waals surface area contributed by atoms with Crippen molar-refractivity contribution < 1.29 is 17.6 Å². The van der Waals surface area contributed by atoms with Crippen LogP contribution in [0.25, 0.3) is 0 Å². The van der Waals surface area contributed by atoms with Gasteiger partial charge in [0, 0.05) is 30.7 Å². The predicted molar refractivity (Wildman–Crippen MR) is 111 cm³/mol. The van der Waals surface area contributed by atoms with Crippen LogP contribution < -0.4 is 10.0 Å². The minimum absolute atomic E-state index is 0.0250. The average Bonchev–Trinajstić information content (AvgIpc) is 3.12. The molecule has 164 valence electrons. The standard InChI is InChI=1S/C20H34N4O4S/c1-20(2,3)22-29(26,27)18-6-5-17(28-18)19(25)21-15-7-13-24(14-8-15)16-9-11-23(4)12-10-16/h5-6,15-16,22H,7-14H2,1-4H3,(H,21,25). The van der Waals surface area contributed by atoms with Crippen molar-refractivity contribution in [2.24, 2.45) is 0 Å². The van der Waals surface area contributed by atoms with E-state index in [-0.39, 0.29) is 22.8 Å². The number of amides is 1. The molecular weight excluding hydrogens is 392 g/mol. The molecule has 0 bridgehead atoms. The molecule has 0 saturated carbocycles. The fourth-order valence-electron chi connectivity index (χ4n) is 4.07. The van der Waals surface area contributed by atoms with Crippen molar-refractivity contribution in [3.63, 3.8) is 0 Å². The predicted octanol–water partition coefficient (Wildman–Crippen LogP) is 1.64. The number of nitrogens with one attached hydrogen (secondary N) is 2. The second kappa shape index (κ2) is 8.75. The van der Waals surface area contributed by atoms with Gasteiger partial charge >= 0.3 is 0 Å². The molecule has 2 saturated heterocycles. The lowest BCUT2D eigenvalue weighted by Gasteiger charge is -2.41. The van der Waals surface area contributed by atoms with Gasteiger partial charge in [-0.3, -0.25) is 4.79 Å². The van der Waals surface area contributed by atoms with Crippen molar-refractivity contribution in [1.82, 2.24) is 19.8 Å². The Morgan fingerprint density at radius 2 is 1.69 bits per heavy atom. The number of piperidine rings is 2. The summed E-state index contributed by atoms with van der Waals surface area (Å²) in [4.78, 5) is 17.4. The zero-order chi connectivity index (χ0) is 21.2. The molecule has 3 rings (SSSR count). The van der Waals surface area contributed by atoms with Crippen molar-refractivity contribution in [2.75, 3.05) is 33.2 Å². The van der Waals surface area contributed by atoms with Crippen LogP contribution in [-0.4, -0.2) is 75.0 Å². The van der Waals surface area contributed by atoms with Gasteiger partial charge in [-0.1, -0.05) is 0 Å². The van der Waals surface area contributed by atoms with Crippen molar-refractivity contribution >= 4 is 15.9 Å². The highest BCUT2D eigenvalue weighted by atomic mass is 32.2. The van der Waals surface area contributed by atoms with Crippen LogP contribution in [0.5, 0.6) is 0 Å². The Bertz CT molecular complexity index is 799. The molecule has 3 heterocycles. The van der Waals surface area contributed by atoms with Gasteiger partial charge < -0.3 is 19.5 Å². The molecule has 0 radical (unpaired) electrons. The largest absolute Gasteiger partial charge is 0.438 e. The summed E-state index contributed by atoms with van der Waals surface area (Å²) >= 11 is 0. The number of furan rings is 1. The Balaban J connectivity index is 1.51. The Hall–Kier alpha value is -1.42. The van der Waals surface area contributed by atoms with Gasteiger partial charge in [0.15, 0.2) is 5.76 Å². The van der Waals surface area contributed by atoms with Crippen molar-refractivity contribution in [2.45, 2.75) is 69.2 Å². The summed E-state index contributed by atoms with van der Waals surface area (Å²) in [6.45, 7) is 9.50. The molecule has 0 spiro atoms. The Kier molecular flexibility index (Phi) is 6.72. The van der Waals surface area contributed by atoms with Crippen LogP contribution in [0.2, 0.25) is 0 Å². The van der Waals surface area contributed by atoms with Crippen LogP contribution in [0.1, 0.15) is 57.0 Å². The van der Waals surface area contributed by atoms with Crippen LogP contribution in [0.4, 0.5) is 0 Å². The fraction of sp³-hybridized carbons (Fsp3) is 0.750. The first kappa shape index (κ1) is 22.3. The molecule has 0 aromatic carbocycles. The van der Waals surface area contributed by atoms with E-state index in [2.05, 4.69) is 26.9 Å². The topological polar surface area (TPSA) is 94.9 Å². The number of likely N-dealkylation sites (tertiary alicyclic amines) is 2. The van der Waals surface area contributed by atoms with Crippen LogP contribution >= 0.6 is 0 Å². The smallest absolute Gasteiger partial charge is 0.287 e. The first-order valence-electron chi connectivity index (χ1n) is 10.4. The van der Waals surface area contributed by atoms with Gasteiger partial charge in [0.2, 0.25) is 5.09 Å². The van der Waals surface area contributed by atoms with Gasteiger partial charge in [-0.05, 0) is 78.7 Å². The van der Waals surface area contributed by atoms with Crippen molar-refractivity contribution in [1.29, 1.82) is 0 Å². The maximum atomic E-state index is 12.5. The Morgan fingerprint density at radius 1 is 1.07 bits per heavy atom.